The molecule has 1 aromatic carbocycles. The summed E-state index contributed by atoms with van der Waals surface area (Å²) in [5.74, 6) is 1.28. The maximum absolute atomic E-state index is 5.62. The van der Waals surface area contributed by atoms with Gasteiger partial charge in [-0.05, 0) is 38.5 Å². The van der Waals surface area contributed by atoms with E-state index < -0.39 is 0 Å². The first kappa shape index (κ1) is 18.0. The van der Waals surface area contributed by atoms with E-state index in [-0.39, 0.29) is 11.5 Å². The summed E-state index contributed by atoms with van der Waals surface area (Å²) in [6.07, 6.45) is 6.31. The van der Waals surface area contributed by atoms with Crippen LogP contribution in [0.3, 0.4) is 0 Å². The van der Waals surface area contributed by atoms with Crippen molar-refractivity contribution in [2.45, 2.75) is 32.7 Å². The van der Waals surface area contributed by atoms with Crippen LogP contribution in [0.1, 0.15) is 32.0 Å². The predicted molar refractivity (Wildman–Crippen MR) is 113 cm³/mol. The van der Waals surface area contributed by atoms with Crippen molar-refractivity contribution >= 4 is 17.4 Å². The Hall–Kier alpha value is -3.41. The van der Waals surface area contributed by atoms with Crippen molar-refractivity contribution in [3.8, 4) is 11.1 Å². The SMILES string of the molecule is CC(C)(C)Nc1c(Cc2ccccc2)nc2ccc(-c3cnc(N)nc3)cn12. The molecular weight excluding hydrogens is 348 g/mol. The van der Waals surface area contributed by atoms with Gasteiger partial charge in [-0.2, -0.15) is 0 Å². The molecule has 4 aromatic rings. The van der Waals surface area contributed by atoms with Gasteiger partial charge in [-0.1, -0.05) is 30.3 Å². The molecule has 3 N–H and O–H groups in total. The first-order chi connectivity index (χ1) is 13.4. The summed E-state index contributed by atoms with van der Waals surface area (Å²) >= 11 is 0. The summed E-state index contributed by atoms with van der Waals surface area (Å²) in [6.45, 7) is 6.45. The third-order valence-corrected chi connectivity index (χ3v) is 4.40. The maximum atomic E-state index is 5.62. The van der Waals surface area contributed by atoms with Gasteiger partial charge in [0.2, 0.25) is 5.95 Å². The number of aromatic nitrogens is 4. The van der Waals surface area contributed by atoms with Gasteiger partial charge in [-0.25, -0.2) is 15.0 Å². The van der Waals surface area contributed by atoms with Gasteiger partial charge in [-0.3, -0.25) is 4.40 Å². The molecule has 6 nitrogen and oxygen atoms in total. The standard InChI is InChI=1S/C22H24N6/c1-22(2,3)27-20-18(11-15-7-5-4-6-8-15)26-19-10-9-16(14-28(19)20)17-12-24-21(23)25-13-17/h4-10,12-14,27H,11H2,1-3H3,(H2,23,24,25). The number of nitrogen functional groups attached to an aromatic ring is 1. The number of nitrogens with zero attached hydrogens (tertiary/aromatic N) is 4. The molecule has 0 radical (unpaired) electrons. The Morgan fingerprint density at radius 2 is 1.68 bits per heavy atom. The number of anilines is 2. The van der Waals surface area contributed by atoms with Gasteiger partial charge in [-0.15, -0.1) is 0 Å². The molecule has 0 saturated carbocycles. The quantitative estimate of drug-likeness (QED) is 0.562. The second-order valence-corrected chi connectivity index (χ2v) is 7.92. The molecule has 0 saturated heterocycles. The molecule has 0 atom stereocenters. The van der Waals surface area contributed by atoms with Crippen molar-refractivity contribution in [2.24, 2.45) is 0 Å². The van der Waals surface area contributed by atoms with E-state index in [1.807, 2.05) is 18.2 Å². The normalized spacial score (nSPS) is 11.7. The Balaban J connectivity index is 1.82. The molecule has 28 heavy (non-hydrogen) atoms. The van der Waals surface area contributed by atoms with Crippen LogP contribution in [0.4, 0.5) is 11.8 Å². The van der Waals surface area contributed by atoms with E-state index in [4.69, 9.17) is 10.7 Å². The molecule has 6 heteroatoms. The first-order valence-corrected chi connectivity index (χ1v) is 9.30. The molecule has 4 rings (SSSR count). The zero-order chi connectivity index (χ0) is 19.7. The predicted octanol–water partition coefficient (Wildman–Crippen LogP) is 4.17. The Bertz CT molecular complexity index is 1090. The lowest BCUT2D eigenvalue weighted by molar-refractivity contribution is 0.628. The fraction of sp³-hybridized carbons (Fsp3) is 0.227. The minimum absolute atomic E-state index is 0.0955. The number of hydrogen-bond acceptors (Lipinski definition) is 5. The van der Waals surface area contributed by atoms with Crippen molar-refractivity contribution in [2.75, 3.05) is 11.1 Å². The second kappa shape index (κ2) is 6.96. The summed E-state index contributed by atoms with van der Waals surface area (Å²) in [7, 11) is 0. The Morgan fingerprint density at radius 3 is 2.36 bits per heavy atom. The monoisotopic (exact) mass is 372 g/mol. The number of benzene rings is 1. The summed E-state index contributed by atoms with van der Waals surface area (Å²) in [5.41, 5.74) is 10.6. The van der Waals surface area contributed by atoms with Gasteiger partial charge in [0.05, 0.1) is 5.69 Å². The maximum Gasteiger partial charge on any atom is 0.219 e. The summed E-state index contributed by atoms with van der Waals surface area (Å²) in [4.78, 5) is 13.1. The molecule has 0 bridgehead atoms. The highest BCUT2D eigenvalue weighted by Gasteiger charge is 2.19. The Morgan fingerprint density at radius 1 is 0.964 bits per heavy atom. The van der Waals surface area contributed by atoms with Gasteiger partial charge in [0.15, 0.2) is 0 Å². The van der Waals surface area contributed by atoms with Crippen LogP contribution in [0.25, 0.3) is 16.8 Å². The average Bonchev–Trinajstić information content (AvgIpc) is 2.98. The van der Waals surface area contributed by atoms with Crippen LogP contribution >= 0.6 is 0 Å². The van der Waals surface area contributed by atoms with E-state index in [1.54, 1.807) is 12.4 Å². The third-order valence-electron chi connectivity index (χ3n) is 4.40. The van der Waals surface area contributed by atoms with E-state index in [1.165, 1.54) is 5.56 Å². The van der Waals surface area contributed by atoms with E-state index in [2.05, 4.69) is 70.9 Å². The average molecular weight is 372 g/mol. The summed E-state index contributed by atoms with van der Waals surface area (Å²) in [6, 6.07) is 14.5. The smallest absolute Gasteiger partial charge is 0.219 e. The molecule has 0 aliphatic rings. The van der Waals surface area contributed by atoms with Gasteiger partial charge in [0, 0.05) is 41.7 Å². The zero-order valence-corrected chi connectivity index (χ0v) is 16.3. The van der Waals surface area contributed by atoms with Gasteiger partial charge >= 0.3 is 0 Å². The van der Waals surface area contributed by atoms with Crippen molar-refractivity contribution in [3.63, 3.8) is 0 Å². The Kier molecular flexibility index (Phi) is 4.47. The number of rotatable bonds is 4. The Labute approximate surface area is 164 Å². The van der Waals surface area contributed by atoms with E-state index >= 15 is 0 Å². The summed E-state index contributed by atoms with van der Waals surface area (Å²) < 4.78 is 2.11. The third kappa shape index (κ3) is 3.81. The van der Waals surface area contributed by atoms with Crippen molar-refractivity contribution in [3.05, 3.63) is 72.3 Å². The van der Waals surface area contributed by atoms with Crippen LogP contribution in [0, 0.1) is 0 Å². The lowest BCUT2D eigenvalue weighted by Gasteiger charge is -2.22. The number of fused-ring (bicyclic) bond motifs is 1. The topological polar surface area (TPSA) is 81.1 Å². The van der Waals surface area contributed by atoms with E-state index in [0.717, 1.165) is 34.7 Å². The van der Waals surface area contributed by atoms with Crippen molar-refractivity contribution in [1.82, 2.24) is 19.4 Å². The molecule has 0 amide bonds. The van der Waals surface area contributed by atoms with E-state index in [9.17, 15) is 0 Å². The second-order valence-electron chi connectivity index (χ2n) is 7.92. The number of pyridine rings is 1. The van der Waals surface area contributed by atoms with Crippen LogP contribution in [0.5, 0.6) is 0 Å². The van der Waals surface area contributed by atoms with E-state index in [0.29, 0.717) is 0 Å². The number of nitrogens with one attached hydrogen (secondary N) is 1. The highest BCUT2D eigenvalue weighted by molar-refractivity contribution is 5.66. The summed E-state index contributed by atoms with van der Waals surface area (Å²) in [5, 5.41) is 3.63. The van der Waals surface area contributed by atoms with Crippen LogP contribution in [-0.4, -0.2) is 24.9 Å². The zero-order valence-electron chi connectivity index (χ0n) is 16.3. The highest BCUT2D eigenvalue weighted by Crippen LogP contribution is 2.27. The minimum Gasteiger partial charge on any atom is -0.368 e. The number of hydrogen-bond donors (Lipinski definition) is 2. The molecule has 0 unspecified atom stereocenters. The molecule has 142 valence electrons. The highest BCUT2D eigenvalue weighted by atomic mass is 15.2. The largest absolute Gasteiger partial charge is 0.368 e. The lowest BCUT2D eigenvalue weighted by Crippen LogP contribution is -2.27. The number of imidazole rings is 1. The van der Waals surface area contributed by atoms with Crippen LogP contribution in [0.2, 0.25) is 0 Å². The van der Waals surface area contributed by atoms with Gasteiger partial charge in [0.1, 0.15) is 11.5 Å². The van der Waals surface area contributed by atoms with Crippen LogP contribution in [0.15, 0.2) is 61.1 Å². The fourth-order valence-electron chi connectivity index (χ4n) is 3.15. The van der Waals surface area contributed by atoms with Crippen molar-refractivity contribution < 1.29 is 0 Å². The van der Waals surface area contributed by atoms with Crippen LogP contribution in [-0.2, 0) is 6.42 Å². The molecule has 3 heterocycles. The van der Waals surface area contributed by atoms with Gasteiger partial charge < -0.3 is 11.1 Å². The molecule has 0 spiro atoms. The number of nitrogens with two attached hydrogens (primary N) is 1. The molecular formula is C22H24N6. The molecule has 0 aliphatic heterocycles. The van der Waals surface area contributed by atoms with Crippen molar-refractivity contribution in [1.29, 1.82) is 0 Å². The fourth-order valence-corrected chi connectivity index (χ4v) is 3.15. The molecule has 0 aliphatic carbocycles. The van der Waals surface area contributed by atoms with Gasteiger partial charge in [0.25, 0.3) is 0 Å². The molecule has 0 fully saturated rings. The first-order valence-electron chi connectivity index (χ1n) is 9.30. The minimum atomic E-state index is -0.0955. The van der Waals surface area contributed by atoms with Crippen LogP contribution < -0.4 is 11.1 Å². The lowest BCUT2D eigenvalue weighted by atomic mass is 10.1. The molecule has 3 aromatic heterocycles.